The number of nitrogens with zero attached hydrogens (tertiary/aromatic N) is 2. The van der Waals surface area contributed by atoms with Gasteiger partial charge in [-0.05, 0) is 71.7 Å². The van der Waals surface area contributed by atoms with Gasteiger partial charge < -0.3 is 19.0 Å². The summed E-state index contributed by atoms with van der Waals surface area (Å²) in [6.07, 6.45) is 1.61. The Morgan fingerprint density at radius 2 is 2.00 bits per heavy atom. The van der Waals surface area contributed by atoms with Crippen LogP contribution in [0, 0.1) is 0 Å². The van der Waals surface area contributed by atoms with Crippen molar-refractivity contribution < 1.29 is 28.6 Å². The molecule has 1 N–H and O–H groups in total. The lowest BCUT2D eigenvalue weighted by atomic mass is 9.96. The Hall–Kier alpha value is -4.22. The molecule has 1 aliphatic rings. The predicted octanol–water partition coefficient (Wildman–Crippen LogP) is 4.53. The molecular formula is C29H23BrN2O7S. The standard InChI is InChI=1S/C29H23BrN2O7S/c1-4-38-28(36)24-15(2)31-29-32(25(24)17-8-10-22(37-3)20(30)13-17)26(33)23(40-29)14-19-9-11-21(39-19)16-6-5-7-18(12-16)27(34)35/h5-14,25H,4H2,1-3H3,(H,34,35)/b23-14-/t25-/m0/s1. The molecule has 0 amide bonds. The largest absolute Gasteiger partial charge is 0.496 e. The molecule has 0 saturated carbocycles. The van der Waals surface area contributed by atoms with Crippen molar-refractivity contribution in [2.24, 2.45) is 4.99 Å². The summed E-state index contributed by atoms with van der Waals surface area (Å²) < 4.78 is 19.1. The third-order valence-corrected chi connectivity index (χ3v) is 7.91. The summed E-state index contributed by atoms with van der Waals surface area (Å²) in [6.45, 7) is 3.62. The number of hydrogen-bond acceptors (Lipinski definition) is 8. The van der Waals surface area contributed by atoms with E-state index in [-0.39, 0.29) is 23.3 Å². The van der Waals surface area contributed by atoms with Gasteiger partial charge in [0.2, 0.25) is 0 Å². The van der Waals surface area contributed by atoms with Crippen molar-refractivity contribution >= 4 is 45.3 Å². The maximum absolute atomic E-state index is 13.8. The van der Waals surface area contributed by atoms with Crippen LogP contribution in [0.15, 0.2) is 84.5 Å². The zero-order valence-corrected chi connectivity index (χ0v) is 24.0. The quantitative estimate of drug-likeness (QED) is 0.301. The summed E-state index contributed by atoms with van der Waals surface area (Å²) >= 11 is 4.68. The first kappa shape index (κ1) is 27.4. The SMILES string of the molecule is CCOC(=O)C1=C(C)N=c2s/c(=C\c3ccc(-c4cccc(C(=O)O)c4)o3)c(=O)n2[C@H]1c1ccc(OC)c(Br)c1. The van der Waals surface area contributed by atoms with Gasteiger partial charge in [-0.15, -0.1) is 0 Å². The van der Waals surface area contributed by atoms with Gasteiger partial charge >= 0.3 is 11.9 Å². The van der Waals surface area contributed by atoms with Crippen LogP contribution in [0.3, 0.4) is 0 Å². The molecule has 3 heterocycles. The van der Waals surface area contributed by atoms with Crippen LogP contribution >= 0.6 is 27.3 Å². The van der Waals surface area contributed by atoms with E-state index in [1.807, 2.05) is 6.07 Å². The zero-order chi connectivity index (χ0) is 28.6. The molecule has 0 aliphatic carbocycles. The topological polar surface area (TPSA) is 120 Å². The van der Waals surface area contributed by atoms with Crippen LogP contribution in [0.5, 0.6) is 5.75 Å². The molecule has 9 nitrogen and oxygen atoms in total. The number of esters is 1. The second-order valence-electron chi connectivity index (χ2n) is 8.78. The molecule has 1 atom stereocenters. The summed E-state index contributed by atoms with van der Waals surface area (Å²) in [7, 11) is 1.56. The van der Waals surface area contributed by atoms with Crippen molar-refractivity contribution in [1.82, 2.24) is 4.57 Å². The normalized spacial score (nSPS) is 15.0. The number of thiazole rings is 1. The average Bonchev–Trinajstić information content (AvgIpc) is 3.52. The van der Waals surface area contributed by atoms with Crippen LogP contribution in [-0.4, -0.2) is 35.3 Å². The fraction of sp³-hybridized carbons (Fsp3) is 0.172. The van der Waals surface area contributed by atoms with Gasteiger partial charge in [-0.1, -0.05) is 29.5 Å². The van der Waals surface area contributed by atoms with E-state index in [0.29, 0.717) is 47.9 Å². The average molecular weight is 623 g/mol. The van der Waals surface area contributed by atoms with Gasteiger partial charge in [0.25, 0.3) is 5.56 Å². The van der Waals surface area contributed by atoms with E-state index in [0.717, 1.165) is 0 Å². The Bertz CT molecular complexity index is 1870. The summed E-state index contributed by atoms with van der Waals surface area (Å²) in [4.78, 5) is 43.2. The number of allylic oxidation sites excluding steroid dienone is 1. The van der Waals surface area contributed by atoms with Crippen molar-refractivity contribution in [2.45, 2.75) is 19.9 Å². The number of furan rings is 1. The number of benzene rings is 2. The number of aromatic carboxylic acids is 1. The van der Waals surface area contributed by atoms with Crippen molar-refractivity contribution in [3.05, 3.63) is 107 Å². The molecule has 4 aromatic rings. The number of hydrogen-bond donors (Lipinski definition) is 1. The molecule has 0 saturated heterocycles. The second-order valence-corrected chi connectivity index (χ2v) is 10.6. The lowest BCUT2D eigenvalue weighted by molar-refractivity contribution is -0.139. The van der Waals surface area contributed by atoms with Gasteiger partial charge in [0.1, 0.15) is 17.3 Å². The highest BCUT2D eigenvalue weighted by Gasteiger charge is 2.33. The van der Waals surface area contributed by atoms with Crippen molar-refractivity contribution in [2.75, 3.05) is 13.7 Å². The Kier molecular flexibility index (Phi) is 7.59. The zero-order valence-electron chi connectivity index (χ0n) is 21.6. The van der Waals surface area contributed by atoms with Gasteiger partial charge in [-0.25, -0.2) is 14.6 Å². The number of ether oxygens (including phenoxy) is 2. The molecule has 204 valence electrons. The van der Waals surface area contributed by atoms with Crippen molar-refractivity contribution in [3.8, 4) is 17.1 Å². The van der Waals surface area contributed by atoms with E-state index in [1.54, 1.807) is 63.4 Å². The highest BCUT2D eigenvalue weighted by Crippen LogP contribution is 2.35. The number of aromatic nitrogens is 1. The molecule has 5 rings (SSSR count). The molecule has 1 aliphatic heterocycles. The fourth-order valence-corrected chi connectivity index (χ4v) is 6.06. The molecule has 2 aromatic heterocycles. The second kappa shape index (κ2) is 11.1. The predicted molar refractivity (Wildman–Crippen MR) is 152 cm³/mol. The van der Waals surface area contributed by atoms with Crippen LogP contribution in [0.2, 0.25) is 0 Å². The minimum Gasteiger partial charge on any atom is -0.496 e. The number of halogens is 1. The van der Waals surface area contributed by atoms with Crippen LogP contribution < -0.4 is 19.6 Å². The Balaban J connectivity index is 1.63. The van der Waals surface area contributed by atoms with E-state index >= 15 is 0 Å². The maximum atomic E-state index is 13.8. The molecule has 40 heavy (non-hydrogen) atoms. The lowest BCUT2D eigenvalue weighted by Crippen LogP contribution is -2.39. The van der Waals surface area contributed by atoms with Crippen LogP contribution in [0.25, 0.3) is 17.4 Å². The van der Waals surface area contributed by atoms with Crippen molar-refractivity contribution in [3.63, 3.8) is 0 Å². The third-order valence-electron chi connectivity index (χ3n) is 6.30. The Morgan fingerprint density at radius 1 is 1.20 bits per heavy atom. The van der Waals surface area contributed by atoms with Crippen LogP contribution in [0.4, 0.5) is 0 Å². The van der Waals surface area contributed by atoms with Crippen molar-refractivity contribution in [1.29, 1.82) is 0 Å². The van der Waals surface area contributed by atoms with Gasteiger partial charge in [0, 0.05) is 11.6 Å². The first-order chi connectivity index (χ1) is 19.2. The minimum absolute atomic E-state index is 0.140. The molecule has 0 spiro atoms. The van der Waals surface area contributed by atoms with Crippen LogP contribution in [0.1, 0.15) is 41.6 Å². The lowest BCUT2D eigenvalue weighted by Gasteiger charge is -2.25. The number of carbonyl (C=O) groups is 2. The fourth-order valence-electron chi connectivity index (χ4n) is 4.48. The molecule has 0 unspecified atom stereocenters. The van der Waals surface area contributed by atoms with E-state index in [9.17, 15) is 19.5 Å². The highest BCUT2D eigenvalue weighted by molar-refractivity contribution is 9.10. The van der Waals surface area contributed by atoms with Gasteiger partial charge in [-0.2, -0.15) is 0 Å². The number of carboxylic acid groups (broad SMARTS) is 1. The Morgan fingerprint density at radius 3 is 2.70 bits per heavy atom. The Labute approximate surface area is 240 Å². The molecule has 0 radical (unpaired) electrons. The molecular weight excluding hydrogens is 600 g/mol. The minimum atomic E-state index is -1.04. The number of fused-ring (bicyclic) bond motifs is 1. The highest BCUT2D eigenvalue weighted by atomic mass is 79.9. The number of methoxy groups -OCH3 is 1. The summed E-state index contributed by atoms with van der Waals surface area (Å²) in [5.74, 6) is -0.105. The number of carboxylic acids is 1. The first-order valence-corrected chi connectivity index (χ1v) is 13.8. The van der Waals surface area contributed by atoms with E-state index in [2.05, 4.69) is 20.9 Å². The van der Waals surface area contributed by atoms with E-state index in [1.165, 1.54) is 28.0 Å². The smallest absolute Gasteiger partial charge is 0.338 e. The first-order valence-electron chi connectivity index (χ1n) is 12.2. The molecule has 0 fully saturated rings. The monoisotopic (exact) mass is 622 g/mol. The van der Waals surface area contributed by atoms with Gasteiger partial charge in [0.05, 0.1) is 45.6 Å². The maximum Gasteiger partial charge on any atom is 0.338 e. The number of carbonyl (C=O) groups excluding carboxylic acids is 1. The van der Waals surface area contributed by atoms with E-state index in [4.69, 9.17) is 13.9 Å². The third kappa shape index (κ3) is 5.05. The summed E-state index contributed by atoms with van der Waals surface area (Å²) in [6, 6.07) is 14.4. The van der Waals surface area contributed by atoms with Gasteiger partial charge in [-0.3, -0.25) is 9.36 Å². The molecule has 0 bridgehead atoms. The summed E-state index contributed by atoms with van der Waals surface area (Å²) in [5, 5.41) is 9.29. The van der Waals surface area contributed by atoms with Crippen LogP contribution in [-0.2, 0) is 9.53 Å². The number of rotatable bonds is 7. The van der Waals surface area contributed by atoms with E-state index < -0.39 is 18.0 Å². The molecule has 11 heteroatoms. The summed E-state index contributed by atoms with van der Waals surface area (Å²) in [5.41, 5.74) is 1.80. The van der Waals surface area contributed by atoms with Gasteiger partial charge in [0.15, 0.2) is 4.80 Å². The molecule has 2 aromatic carbocycles.